The monoisotopic (exact) mass is 305 g/mol. The number of anilines is 1. The molecular formula is C18H15N3O2. The maximum atomic E-state index is 12.1. The van der Waals surface area contributed by atoms with E-state index in [-0.39, 0.29) is 11.5 Å². The lowest BCUT2D eigenvalue weighted by Gasteiger charge is -2.04. The van der Waals surface area contributed by atoms with Gasteiger partial charge in [0.15, 0.2) is 0 Å². The molecule has 0 spiro atoms. The standard InChI is InChI=1S/C18H15N3O2/c1-20-17(22)14-9-7-13(8-10-14)11-15(12-19)18(23)21-16-5-3-2-4-6-16/h2-11H,1H3,(H,20,22)(H,21,23)/b15-11-. The van der Waals surface area contributed by atoms with E-state index in [0.29, 0.717) is 16.8 Å². The third kappa shape index (κ3) is 4.29. The van der Waals surface area contributed by atoms with Gasteiger partial charge in [0.05, 0.1) is 0 Å². The van der Waals surface area contributed by atoms with Crippen molar-refractivity contribution in [3.05, 3.63) is 71.3 Å². The molecule has 0 saturated carbocycles. The number of benzene rings is 2. The number of carbonyl (C=O) groups excluding carboxylic acids is 2. The number of amides is 2. The minimum Gasteiger partial charge on any atom is -0.355 e. The van der Waals surface area contributed by atoms with Gasteiger partial charge in [0.1, 0.15) is 11.6 Å². The Balaban J connectivity index is 2.16. The molecule has 0 unspecified atom stereocenters. The molecule has 2 rings (SSSR count). The van der Waals surface area contributed by atoms with Gasteiger partial charge in [-0.05, 0) is 35.9 Å². The van der Waals surface area contributed by atoms with Crippen molar-refractivity contribution in [1.29, 1.82) is 5.26 Å². The molecular weight excluding hydrogens is 290 g/mol. The van der Waals surface area contributed by atoms with Gasteiger partial charge in [0, 0.05) is 18.3 Å². The van der Waals surface area contributed by atoms with E-state index >= 15 is 0 Å². The van der Waals surface area contributed by atoms with Crippen LogP contribution in [0.5, 0.6) is 0 Å². The van der Waals surface area contributed by atoms with E-state index < -0.39 is 5.91 Å². The van der Waals surface area contributed by atoms with Crippen molar-refractivity contribution in [3.63, 3.8) is 0 Å². The molecule has 23 heavy (non-hydrogen) atoms. The highest BCUT2D eigenvalue weighted by Gasteiger charge is 2.09. The zero-order valence-electron chi connectivity index (χ0n) is 12.5. The van der Waals surface area contributed by atoms with Gasteiger partial charge in [-0.15, -0.1) is 0 Å². The lowest BCUT2D eigenvalue weighted by molar-refractivity contribution is -0.112. The predicted molar refractivity (Wildman–Crippen MR) is 88.5 cm³/mol. The van der Waals surface area contributed by atoms with Crippen molar-refractivity contribution in [2.24, 2.45) is 0 Å². The third-order valence-electron chi connectivity index (χ3n) is 3.11. The first kappa shape index (κ1) is 16.0. The fourth-order valence-electron chi connectivity index (χ4n) is 1.91. The first-order valence-corrected chi connectivity index (χ1v) is 6.94. The van der Waals surface area contributed by atoms with Crippen LogP contribution in [0.25, 0.3) is 6.08 Å². The molecule has 0 heterocycles. The smallest absolute Gasteiger partial charge is 0.266 e. The van der Waals surface area contributed by atoms with Crippen molar-refractivity contribution in [2.45, 2.75) is 0 Å². The molecule has 0 aliphatic carbocycles. The Kier molecular flexibility index (Phi) is 5.26. The van der Waals surface area contributed by atoms with Gasteiger partial charge >= 0.3 is 0 Å². The summed E-state index contributed by atoms with van der Waals surface area (Å²) in [5.41, 5.74) is 1.78. The number of nitrogens with one attached hydrogen (secondary N) is 2. The summed E-state index contributed by atoms with van der Waals surface area (Å²) >= 11 is 0. The number of nitriles is 1. The van der Waals surface area contributed by atoms with E-state index in [1.165, 1.54) is 6.08 Å². The summed E-state index contributed by atoms with van der Waals surface area (Å²) in [7, 11) is 1.55. The average Bonchev–Trinajstić information content (AvgIpc) is 2.60. The quantitative estimate of drug-likeness (QED) is 0.673. The summed E-state index contributed by atoms with van der Waals surface area (Å²) in [5, 5.41) is 14.4. The van der Waals surface area contributed by atoms with E-state index in [9.17, 15) is 14.9 Å². The highest BCUT2D eigenvalue weighted by molar-refractivity contribution is 6.09. The lowest BCUT2D eigenvalue weighted by Crippen LogP contribution is -2.17. The maximum Gasteiger partial charge on any atom is 0.266 e. The van der Waals surface area contributed by atoms with E-state index in [1.54, 1.807) is 55.6 Å². The molecule has 5 heteroatoms. The SMILES string of the molecule is CNC(=O)c1ccc(/C=C(/C#N)C(=O)Nc2ccccc2)cc1. The van der Waals surface area contributed by atoms with Gasteiger partial charge < -0.3 is 10.6 Å². The number of hydrogen-bond acceptors (Lipinski definition) is 3. The van der Waals surface area contributed by atoms with E-state index in [2.05, 4.69) is 10.6 Å². The van der Waals surface area contributed by atoms with Crippen LogP contribution >= 0.6 is 0 Å². The molecule has 2 aromatic carbocycles. The highest BCUT2D eigenvalue weighted by Crippen LogP contribution is 2.12. The number of rotatable bonds is 4. The fraction of sp³-hybridized carbons (Fsp3) is 0.0556. The molecule has 0 atom stereocenters. The molecule has 0 saturated heterocycles. The molecule has 0 aliphatic heterocycles. The highest BCUT2D eigenvalue weighted by atomic mass is 16.2. The van der Waals surface area contributed by atoms with Crippen LogP contribution in [0.2, 0.25) is 0 Å². The molecule has 0 aliphatic rings. The van der Waals surface area contributed by atoms with Crippen molar-refractivity contribution >= 4 is 23.6 Å². The van der Waals surface area contributed by atoms with Crippen molar-refractivity contribution < 1.29 is 9.59 Å². The Labute approximate surface area is 134 Å². The first-order chi connectivity index (χ1) is 11.1. The Bertz CT molecular complexity index is 772. The summed E-state index contributed by atoms with van der Waals surface area (Å²) in [5.74, 6) is -0.670. The second-order valence-electron chi connectivity index (χ2n) is 4.69. The summed E-state index contributed by atoms with van der Waals surface area (Å²) in [6.45, 7) is 0. The fourth-order valence-corrected chi connectivity index (χ4v) is 1.91. The van der Waals surface area contributed by atoms with Crippen LogP contribution in [0, 0.1) is 11.3 Å². The molecule has 0 fully saturated rings. The maximum absolute atomic E-state index is 12.1. The van der Waals surface area contributed by atoms with Gasteiger partial charge in [-0.2, -0.15) is 5.26 Å². The Morgan fingerprint density at radius 1 is 1.04 bits per heavy atom. The minimum atomic E-state index is -0.478. The van der Waals surface area contributed by atoms with Crippen LogP contribution in [0.4, 0.5) is 5.69 Å². The number of carbonyl (C=O) groups is 2. The van der Waals surface area contributed by atoms with Crippen LogP contribution in [0.15, 0.2) is 60.2 Å². The summed E-state index contributed by atoms with van der Waals surface area (Å²) in [4.78, 5) is 23.6. The topological polar surface area (TPSA) is 82.0 Å². The van der Waals surface area contributed by atoms with Crippen molar-refractivity contribution in [3.8, 4) is 6.07 Å². The molecule has 0 radical (unpaired) electrons. The Morgan fingerprint density at radius 3 is 2.26 bits per heavy atom. The van der Waals surface area contributed by atoms with Crippen LogP contribution < -0.4 is 10.6 Å². The first-order valence-electron chi connectivity index (χ1n) is 6.94. The van der Waals surface area contributed by atoms with Gasteiger partial charge in [0.2, 0.25) is 0 Å². The zero-order valence-corrected chi connectivity index (χ0v) is 12.5. The van der Waals surface area contributed by atoms with Gasteiger partial charge in [-0.25, -0.2) is 0 Å². The van der Waals surface area contributed by atoms with Crippen LogP contribution in [-0.2, 0) is 4.79 Å². The molecule has 0 bridgehead atoms. The molecule has 2 N–H and O–H groups in total. The van der Waals surface area contributed by atoms with E-state index in [4.69, 9.17) is 0 Å². The number of nitrogens with zero attached hydrogens (tertiary/aromatic N) is 1. The molecule has 2 aromatic rings. The van der Waals surface area contributed by atoms with Crippen LogP contribution in [0.1, 0.15) is 15.9 Å². The average molecular weight is 305 g/mol. The summed E-state index contributed by atoms with van der Waals surface area (Å²) < 4.78 is 0. The van der Waals surface area contributed by atoms with Crippen LogP contribution in [0.3, 0.4) is 0 Å². The Hall–Kier alpha value is -3.39. The normalized spacial score (nSPS) is 10.5. The summed E-state index contributed by atoms with van der Waals surface area (Å²) in [6.07, 6.45) is 1.48. The van der Waals surface area contributed by atoms with Crippen LogP contribution in [-0.4, -0.2) is 18.9 Å². The second kappa shape index (κ2) is 7.57. The molecule has 5 nitrogen and oxygen atoms in total. The van der Waals surface area contributed by atoms with E-state index in [1.807, 2.05) is 12.1 Å². The molecule has 2 amide bonds. The zero-order chi connectivity index (χ0) is 16.7. The summed E-state index contributed by atoms with van der Waals surface area (Å²) in [6, 6.07) is 17.4. The molecule has 0 aromatic heterocycles. The lowest BCUT2D eigenvalue weighted by atomic mass is 10.1. The third-order valence-corrected chi connectivity index (χ3v) is 3.11. The molecule has 114 valence electrons. The number of hydrogen-bond donors (Lipinski definition) is 2. The van der Waals surface area contributed by atoms with Gasteiger partial charge in [0.25, 0.3) is 11.8 Å². The van der Waals surface area contributed by atoms with E-state index in [0.717, 1.165) is 0 Å². The van der Waals surface area contributed by atoms with Crippen molar-refractivity contribution in [2.75, 3.05) is 12.4 Å². The second-order valence-corrected chi connectivity index (χ2v) is 4.69. The number of para-hydroxylation sites is 1. The van der Waals surface area contributed by atoms with Gasteiger partial charge in [-0.1, -0.05) is 30.3 Å². The minimum absolute atomic E-state index is 0.0125. The van der Waals surface area contributed by atoms with Crippen molar-refractivity contribution in [1.82, 2.24) is 5.32 Å². The predicted octanol–water partition coefficient (Wildman–Crippen LogP) is 2.59. The van der Waals surface area contributed by atoms with Gasteiger partial charge in [-0.3, -0.25) is 9.59 Å². The largest absolute Gasteiger partial charge is 0.355 e. The Morgan fingerprint density at radius 2 is 1.70 bits per heavy atom.